The molecule has 0 aliphatic carbocycles. The van der Waals surface area contributed by atoms with Gasteiger partial charge in [0.25, 0.3) is 0 Å². The normalized spacial score (nSPS) is 26.7. The Morgan fingerprint density at radius 2 is 1.94 bits per heavy atom. The molecular formula is C22H17F2N3O4. The van der Waals surface area contributed by atoms with Gasteiger partial charge in [-0.05, 0) is 29.3 Å². The van der Waals surface area contributed by atoms with Crippen LogP contribution < -0.4 is 9.47 Å². The van der Waals surface area contributed by atoms with Crippen molar-refractivity contribution in [3.63, 3.8) is 0 Å². The summed E-state index contributed by atoms with van der Waals surface area (Å²) in [7, 11) is 1.55. The van der Waals surface area contributed by atoms with Crippen molar-refractivity contribution in [2.75, 3.05) is 13.6 Å². The molecule has 3 aromatic rings. The van der Waals surface area contributed by atoms with Gasteiger partial charge in [-0.3, -0.25) is 9.59 Å². The Balaban J connectivity index is 1.61. The lowest BCUT2D eigenvalue weighted by atomic mass is 9.86. The largest absolute Gasteiger partial charge is 0.586 e. The van der Waals surface area contributed by atoms with Crippen LogP contribution in [0.5, 0.6) is 11.5 Å². The van der Waals surface area contributed by atoms with Gasteiger partial charge in [0.05, 0.1) is 13.9 Å². The molecule has 0 radical (unpaired) electrons. The van der Waals surface area contributed by atoms with Crippen molar-refractivity contribution in [1.82, 2.24) is 14.8 Å². The number of carbonyl (C=O) groups is 2. The molecule has 0 saturated carbocycles. The summed E-state index contributed by atoms with van der Waals surface area (Å²) in [4.78, 5) is 32.1. The van der Waals surface area contributed by atoms with Gasteiger partial charge in [-0.2, -0.15) is 0 Å². The van der Waals surface area contributed by atoms with Gasteiger partial charge in [-0.1, -0.05) is 24.3 Å². The number of amides is 2. The molecule has 0 spiro atoms. The number of rotatable bonds is 1. The van der Waals surface area contributed by atoms with Gasteiger partial charge in [0.2, 0.25) is 11.8 Å². The van der Waals surface area contributed by atoms with E-state index >= 15 is 0 Å². The van der Waals surface area contributed by atoms with Gasteiger partial charge in [-0.15, -0.1) is 8.78 Å². The molecule has 3 aliphatic heterocycles. The van der Waals surface area contributed by atoms with Crippen LogP contribution in [0, 0.1) is 0 Å². The minimum atomic E-state index is -3.81. The van der Waals surface area contributed by atoms with E-state index in [1.165, 1.54) is 28.0 Å². The standard InChI is InChI=1S/C22H17F2N3O4/c1-26-10-18(28)27-15(21(26)29)9-13-12-4-2-3-5-14(12)25-19(13)20(27)11-6-7-16-17(8-11)31-22(23,24)30-16/h2-8,15,20,25H,9-10H2,1H3/t15-,20-/m1/s1/i20D. The number of aromatic nitrogens is 1. The van der Waals surface area contributed by atoms with E-state index in [1.807, 2.05) is 24.3 Å². The predicted molar refractivity (Wildman–Crippen MR) is 105 cm³/mol. The second-order valence-corrected chi connectivity index (χ2v) is 7.88. The summed E-state index contributed by atoms with van der Waals surface area (Å²) < 4.78 is 45.8. The number of piperazine rings is 1. The molecule has 1 aromatic heterocycles. The first kappa shape index (κ1) is 17.1. The average Bonchev–Trinajstić information content (AvgIpc) is 3.27. The molecule has 2 atom stereocenters. The van der Waals surface area contributed by atoms with E-state index in [9.17, 15) is 19.7 Å². The lowest BCUT2D eigenvalue weighted by molar-refractivity contribution is -0.286. The summed E-state index contributed by atoms with van der Waals surface area (Å²) in [5.74, 6) is -1.07. The predicted octanol–water partition coefficient (Wildman–Crippen LogP) is 2.80. The summed E-state index contributed by atoms with van der Waals surface area (Å²) in [5, 5.41) is 0.847. The number of carbonyl (C=O) groups excluding carboxylic acids is 2. The highest BCUT2D eigenvalue weighted by atomic mass is 19.3. The fourth-order valence-electron chi connectivity index (χ4n) is 4.66. The zero-order valence-corrected chi connectivity index (χ0v) is 16.3. The molecule has 0 bridgehead atoms. The molecule has 0 unspecified atom stereocenters. The van der Waals surface area contributed by atoms with E-state index in [4.69, 9.17) is 0 Å². The molecule has 1 fully saturated rings. The molecule has 2 aromatic carbocycles. The first-order chi connectivity index (χ1) is 15.2. The Hall–Kier alpha value is -3.62. The summed E-state index contributed by atoms with van der Waals surface area (Å²) >= 11 is 0. The van der Waals surface area contributed by atoms with Crippen LogP contribution in [0.4, 0.5) is 8.78 Å². The van der Waals surface area contributed by atoms with Gasteiger partial charge in [-0.25, -0.2) is 0 Å². The fraction of sp³-hybridized carbons (Fsp3) is 0.273. The molecule has 6 rings (SSSR count). The highest BCUT2D eigenvalue weighted by molar-refractivity contribution is 5.97. The highest BCUT2D eigenvalue weighted by Crippen LogP contribution is 2.46. The number of alkyl halides is 2. The zero-order valence-electron chi connectivity index (χ0n) is 17.3. The first-order valence-corrected chi connectivity index (χ1v) is 9.76. The maximum Gasteiger partial charge on any atom is 0.586 e. The Morgan fingerprint density at radius 3 is 2.77 bits per heavy atom. The van der Waals surface area contributed by atoms with Gasteiger partial charge in [0.1, 0.15) is 6.04 Å². The van der Waals surface area contributed by atoms with Crippen molar-refractivity contribution in [3.8, 4) is 11.5 Å². The number of halogens is 2. The minimum absolute atomic E-state index is 0.160. The van der Waals surface area contributed by atoms with E-state index in [-0.39, 0.29) is 35.9 Å². The number of hydrogen-bond acceptors (Lipinski definition) is 4. The molecule has 1 N–H and O–H groups in total. The van der Waals surface area contributed by atoms with Gasteiger partial charge < -0.3 is 24.3 Å². The second-order valence-electron chi connectivity index (χ2n) is 7.88. The van der Waals surface area contributed by atoms with Crippen molar-refractivity contribution < 1.29 is 29.2 Å². The van der Waals surface area contributed by atoms with E-state index < -0.39 is 24.3 Å². The molecule has 1 saturated heterocycles. The van der Waals surface area contributed by atoms with E-state index in [0.29, 0.717) is 5.69 Å². The number of ether oxygens (including phenoxy) is 2. The molecule has 31 heavy (non-hydrogen) atoms. The van der Waals surface area contributed by atoms with Crippen LogP contribution in [0.2, 0.25) is 0 Å². The summed E-state index contributed by atoms with van der Waals surface area (Å²) in [5.41, 5.74) is 2.14. The fourth-order valence-corrected chi connectivity index (χ4v) is 4.66. The Bertz CT molecular complexity index is 1330. The number of likely N-dealkylation sites (N-methyl/N-ethyl adjacent to an activating group) is 1. The third-order valence-electron chi connectivity index (χ3n) is 5.98. The summed E-state index contributed by atoms with van der Waals surface area (Å²) in [6.45, 7) is -0.172. The summed E-state index contributed by atoms with van der Waals surface area (Å²) in [6, 6.07) is 8.70. The van der Waals surface area contributed by atoms with Crippen molar-refractivity contribution in [1.29, 1.82) is 0 Å². The van der Waals surface area contributed by atoms with E-state index in [1.54, 1.807) is 7.05 Å². The van der Waals surface area contributed by atoms with Crippen LogP contribution in [-0.4, -0.2) is 52.5 Å². The maximum absolute atomic E-state index is 13.6. The number of H-pyrrole nitrogens is 1. The number of nitrogens with zero attached hydrogens (tertiary/aromatic N) is 2. The molecule has 9 heteroatoms. The maximum atomic E-state index is 13.6. The summed E-state index contributed by atoms with van der Waals surface area (Å²) in [6.07, 6.45) is -3.56. The molecule has 2 amide bonds. The highest BCUT2D eigenvalue weighted by Gasteiger charge is 2.48. The second kappa shape index (κ2) is 5.96. The minimum Gasteiger partial charge on any atom is -0.395 e. The molecule has 3 aliphatic rings. The van der Waals surface area contributed by atoms with Crippen LogP contribution in [0.15, 0.2) is 42.5 Å². The molecule has 158 valence electrons. The Kier molecular flexibility index (Phi) is 3.29. The van der Waals surface area contributed by atoms with Crippen molar-refractivity contribution in [3.05, 3.63) is 59.3 Å². The monoisotopic (exact) mass is 426 g/mol. The number of benzene rings is 2. The smallest absolute Gasteiger partial charge is 0.395 e. The van der Waals surface area contributed by atoms with Crippen LogP contribution >= 0.6 is 0 Å². The number of fused-ring (bicyclic) bond motifs is 5. The van der Waals surface area contributed by atoms with Crippen LogP contribution in [0.25, 0.3) is 10.9 Å². The third-order valence-corrected chi connectivity index (χ3v) is 5.98. The lowest BCUT2D eigenvalue weighted by Gasteiger charge is -2.46. The van der Waals surface area contributed by atoms with Crippen molar-refractivity contribution >= 4 is 22.7 Å². The number of nitrogens with one attached hydrogen (secondary N) is 1. The third kappa shape index (κ3) is 2.55. The quantitative estimate of drug-likeness (QED) is 0.650. The molecule has 4 heterocycles. The van der Waals surface area contributed by atoms with Crippen molar-refractivity contribution in [2.45, 2.75) is 24.8 Å². The van der Waals surface area contributed by atoms with E-state index in [2.05, 4.69) is 14.5 Å². The lowest BCUT2D eigenvalue weighted by Crippen LogP contribution is -2.62. The van der Waals surface area contributed by atoms with E-state index in [0.717, 1.165) is 16.5 Å². The SMILES string of the molecule is [2H][C@@]1(c2ccc3c(c2)OC(F)(F)O3)c2[nH]c3ccccc3c2C[C@@H]2C(=O)N(C)CC(=O)N21. The topological polar surface area (TPSA) is 74.9 Å². The first-order valence-electron chi connectivity index (χ1n) is 10.3. The molecular weight excluding hydrogens is 408 g/mol. The number of hydrogen-bond donors (Lipinski definition) is 1. The van der Waals surface area contributed by atoms with Gasteiger partial charge in [0, 0.05) is 30.1 Å². The number of aromatic amines is 1. The van der Waals surface area contributed by atoms with Crippen molar-refractivity contribution in [2.24, 2.45) is 0 Å². The van der Waals surface area contributed by atoms with Gasteiger partial charge in [0.15, 0.2) is 11.5 Å². The Labute approximate surface area is 176 Å². The number of para-hydroxylation sites is 1. The Morgan fingerprint density at radius 1 is 1.16 bits per heavy atom. The molecule has 7 nitrogen and oxygen atoms in total. The average molecular weight is 426 g/mol. The van der Waals surface area contributed by atoms with Gasteiger partial charge >= 0.3 is 6.29 Å². The zero-order chi connectivity index (χ0) is 22.4. The van der Waals surface area contributed by atoms with Crippen LogP contribution in [0.3, 0.4) is 0 Å². The van der Waals surface area contributed by atoms with Crippen LogP contribution in [-0.2, 0) is 16.0 Å². The van der Waals surface area contributed by atoms with Crippen LogP contribution in [0.1, 0.15) is 24.2 Å².